The predicted octanol–water partition coefficient (Wildman–Crippen LogP) is 1.41. The molecule has 0 aromatic carbocycles. The molecule has 2 aliphatic rings. The topological polar surface area (TPSA) is 45.9 Å². The van der Waals surface area contributed by atoms with Crippen LogP contribution in [-0.2, 0) is 11.3 Å². The van der Waals surface area contributed by atoms with Crippen LogP contribution in [0.15, 0.2) is 24.8 Å². The largest absolute Gasteiger partial charge is 0.380 e. The zero-order valence-electron chi connectivity index (χ0n) is 13.8. The molecule has 4 rings (SSSR count). The van der Waals surface area contributed by atoms with E-state index in [1.165, 1.54) is 31.6 Å². The van der Waals surface area contributed by atoms with Gasteiger partial charge < -0.3 is 9.64 Å². The quantitative estimate of drug-likeness (QED) is 0.835. The molecule has 0 N–H and O–H groups in total. The highest BCUT2D eigenvalue weighted by atomic mass is 16.5. The highest BCUT2D eigenvalue weighted by Gasteiger charge is 2.34. The van der Waals surface area contributed by atoms with Crippen LogP contribution in [-0.4, -0.2) is 69.6 Å². The van der Waals surface area contributed by atoms with Crippen LogP contribution < -0.4 is 0 Å². The summed E-state index contributed by atoms with van der Waals surface area (Å²) in [5, 5.41) is 0. The molecule has 0 radical (unpaired) electrons. The molecule has 6 nitrogen and oxygen atoms in total. The van der Waals surface area contributed by atoms with Crippen LogP contribution in [0, 0.1) is 0 Å². The Morgan fingerprint density at radius 1 is 1.26 bits per heavy atom. The first-order chi connectivity index (χ1) is 11.3. The number of hydrogen-bond acceptors (Lipinski definition) is 5. The molecule has 2 atom stereocenters. The monoisotopic (exact) mass is 315 g/mol. The number of nitrogens with zero attached hydrogens (tertiary/aromatic N) is 5. The summed E-state index contributed by atoms with van der Waals surface area (Å²) in [5.41, 5.74) is 2.15. The summed E-state index contributed by atoms with van der Waals surface area (Å²) in [6.45, 7) is 5.60. The summed E-state index contributed by atoms with van der Waals surface area (Å²) < 4.78 is 7.79. The van der Waals surface area contributed by atoms with Gasteiger partial charge in [0, 0.05) is 45.2 Å². The van der Waals surface area contributed by atoms with E-state index in [4.69, 9.17) is 4.74 Å². The lowest BCUT2D eigenvalue weighted by molar-refractivity contribution is 0.107. The first kappa shape index (κ1) is 15.1. The van der Waals surface area contributed by atoms with Crippen LogP contribution in [0.25, 0.3) is 5.65 Å². The average Bonchev–Trinajstić information content (AvgIpc) is 3.30. The molecule has 2 saturated heterocycles. The van der Waals surface area contributed by atoms with Crippen molar-refractivity contribution in [1.29, 1.82) is 0 Å². The number of rotatable bonds is 5. The Labute approximate surface area is 137 Å². The van der Waals surface area contributed by atoms with Gasteiger partial charge in [0.15, 0.2) is 5.65 Å². The molecule has 0 spiro atoms. The molecule has 2 aromatic heterocycles. The Hall–Kier alpha value is -1.50. The molecule has 0 aliphatic carbocycles. The van der Waals surface area contributed by atoms with Crippen molar-refractivity contribution in [2.24, 2.45) is 0 Å². The maximum absolute atomic E-state index is 5.65. The number of ether oxygens (including phenoxy) is 1. The van der Waals surface area contributed by atoms with Crippen molar-refractivity contribution < 1.29 is 4.74 Å². The standard InChI is InChI=1S/C17H25N5O/c1-23-16-8-14(11-20-5-2-3-6-20)21(13-16)12-15-9-19-17-10-18-4-7-22(15)17/h4,7,9-10,14,16H,2-3,5-6,8,11-13H2,1H3/t14-,16-/m0/s1. The Morgan fingerprint density at radius 2 is 2.13 bits per heavy atom. The second-order valence-electron chi connectivity index (χ2n) is 6.74. The molecular formula is C17H25N5O. The van der Waals surface area contributed by atoms with Crippen molar-refractivity contribution >= 4 is 5.65 Å². The minimum atomic E-state index is 0.350. The van der Waals surface area contributed by atoms with Crippen LogP contribution in [0.2, 0.25) is 0 Å². The zero-order valence-corrected chi connectivity index (χ0v) is 13.8. The third-order valence-electron chi connectivity index (χ3n) is 5.25. The average molecular weight is 315 g/mol. The minimum absolute atomic E-state index is 0.350. The van der Waals surface area contributed by atoms with Crippen LogP contribution in [0.3, 0.4) is 0 Å². The third-order valence-corrected chi connectivity index (χ3v) is 5.25. The van der Waals surface area contributed by atoms with Gasteiger partial charge in [0.25, 0.3) is 0 Å². The van der Waals surface area contributed by atoms with E-state index in [0.29, 0.717) is 12.1 Å². The van der Waals surface area contributed by atoms with Gasteiger partial charge in [-0.05, 0) is 32.4 Å². The van der Waals surface area contributed by atoms with Crippen molar-refractivity contribution in [2.75, 3.05) is 33.3 Å². The van der Waals surface area contributed by atoms with Crippen molar-refractivity contribution in [3.05, 3.63) is 30.5 Å². The number of imidazole rings is 1. The fourth-order valence-corrected chi connectivity index (χ4v) is 3.98. The lowest BCUT2D eigenvalue weighted by Gasteiger charge is -2.27. The molecule has 0 unspecified atom stereocenters. The van der Waals surface area contributed by atoms with Gasteiger partial charge in [0.1, 0.15) is 0 Å². The Bertz CT molecular complexity index is 651. The first-order valence-corrected chi connectivity index (χ1v) is 8.58. The molecule has 2 aromatic rings. The van der Waals surface area contributed by atoms with E-state index in [0.717, 1.165) is 31.7 Å². The molecule has 23 heavy (non-hydrogen) atoms. The first-order valence-electron chi connectivity index (χ1n) is 8.58. The van der Waals surface area contributed by atoms with Gasteiger partial charge in [-0.1, -0.05) is 0 Å². The summed E-state index contributed by atoms with van der Waals surface area (Å²) in [6, 6.07) is 0.574. The molecule has 2 fully saturated rings. The third kappa shape index (κ3) is 3.11. The minimum Gasteiger partial charge on any atom is -0.380 e. The summed E-state index contributed by atoms with van der Waals surface area (Å²) >= 11 is 0. The molecule has 0 bridgehead atoms. The number of likely N-dealkylation sites (tertiary alicyclic amines) is 2. The van der Waals surface area contributed by atoms with Crippen LogP contribution in [0.5, 0.6) is 0 Å². The highest BCUT2D eigenvalue weighted by molar-refractivity contribution is 5.36. The summed E-state index contributed by atoms with van der Waals surface area (Å²) in [5.74, 6) is 0. The maximum Gasteiger partial charge on any atom is 0.155 e. The summed E-state index contributed by atoms with van der Waals surface area (Å²) in [7, 11) is 1.83. The fourth-order valence-electron chi connectivity index (χ4n) is 3.98. The zero-order chi connectivity index (χ0) is 15.6. The van der Waals surface area contributed by atoms with Gasteiger partial charge in [-0.25, -0.2) is 4.98 Å². The van der Waals surface area contributed by atoms with Crippen molar-refractivity contribution in [1.82, 2.24) is 24.2 Å². The van der Waals surface area contributed by atoms with Gasteiger partial charge in [-0.15, -0.1) is 0 Å². The molecular weight excluding hydrogens is 290 g/mol. The van der Waals surface area contributed by atoms with Crippen molar-refractivity contribution in [3.8, 4) is 0 Å². The molecule has 4 heterocycles. The van der Waals surface area contributed by atoms with Gasteiger partial charge in [-0.3, -0.25) is 14.3 Å². The Balaban J connectivity index is 1.50. The van der Waals surface area contributed by atoms with E-state index in [9.17, 15) is 0 Å². The second-order valence-corrected chi connectivity index (χ2v) is 6.74. The van der Waals surface area contributed by atoms with Gasteiger partial charge in [0.05, 0.1) is 24.2 Å². The smallest absolute Gasteiger partial charge is 0.155 e. The summed E-state index contributed by atoms with van der Waals surface area (Å²) in [4.78, 5) is 13.8. The van der Waals surface area contributed by atoms with E-state index >= 15 is 0 Å². The number of fused-ring (bicyclic) bond motifs is 1. The highest BCUT2D eigenvalue weighted by Crippen LogP contribution is 2.24. The lowest BCUT2D eigenvalue weighted by Crippen LogP contribution is -2.39. The SMILES string of the molecule is CO[C@H]1C[C@@H](CN2CCCC2)N(Cc2cnc3cnccn23)C1. The Morgan fingerprint density at radius 3 is 2.96 bits per heavy atom. The van der Waals surface area contributed by atoms with E-state index in [-0.39, 0.29) is 0 Å². The van der Waals surface area contributed by atoms with Crippen molar-refractivity contribution in [3.63, 3.8) is 0 Å². The van der Waals surface area contributed by atoms with Crippen LogP contribution in [0.4, 0.5) is 0 Å². The van der Waals surface area contributed by atoms with E-state index in [2.05, 4.69) is 24.2 Å². The maximum atomic E-state index is 5.65. The second kappa shape index (κ2) is 6.55. The van der Waals surface area contributed by atoms with Crippen molar-refractivity contribution in [2.45, 2.75) is 38.0 Å². The predicted molar refractivity (Wildman–Crippen MR) is 88.3 cm³/mol. The van der Waals surface area contributed by atoms with E-state index < -0.39 is 0 Å². The molecule has 124 valence electrons. The normalized spacial score (nSPS) is 26.5. The molecule has 0 saturated carbocycles. The van der Waals surface area contributed by atoms with E-state index in [1.54, 1.807) is 0 Å². The van der Waals surface area contributed by atoms with Gasteiger partial charge in [-0.2, -0.15) is 0 Å². The fraction of sp³-hybridized carbons (Fsp3) is 0.647. The Kier molecular flexibility index (Phi) is 4.29. The number of aromatic nitrogens is 3. The molecule has 0 amide bonds. The number of hydrogen-bond donors (Lipinski definition) is 0. The van der Waals surface area contributed by atoms with Gasteiger partial charge >= 0.3 is 0 Å². The van der Waals surface area contributed by atoms with Crippen LogP contribution in [0.1, 0.15) is 25.0 Å². The lowest BCUT2D eigenvalue weighted by atomic mass is 10.2. The molecule has 2 aliphatic heterocycles. The van der Waals surface area contributed by atoms with Gasteiger partial charge in [0.2, 0.25) is 0 Å². The number of methoxy groups -OCH3 is 1. The van der Waals surface area contributed by atoms with Crippen LogP contribution >= 0.6 is 0 Å². The van der Waals surface area contributed by atoms with E-state index in [1.807, 2.05) is 31.9 Å². The molecule has 6 heteroatoms. The summed E-state index contributed by atoms with van der Waals surface area (Å²) in [6.07, 6.45) is 11.8.